The van der Waals surface area contributed by atoms with Crippen LogP contribution in [0.15, 0.2) is 0 Å². The van der Waals surface area contributed by atoms with Crippen molar-refractivity contribution in [2.45, 2.75) is 113 Å². The molecule has 1 N–H and O–H groups in total. The van der Waals surface area contributed by atoms with Crippen molar-refractivity contribution in [1.82, 2.24) is 0 Å². The summed E-state index contributed by atoms with van der Waals surface area (Å²) < 4.78 is 11.6. The first kappa shape index (κ1) is 22.8. The Bertz CT molecular complexity index is 323. The van der Waals surface area contributed by atoms with E-state index >= 15 is 0 Å². The van der Waals surface area contributed by atoms with Gasteiger partial charge in [-0.15, -0.1) is 0 Å². The van der Waals surface area contributed by atoms with Gasteiger partial charge in [-0.25, -0.2) is 0 Å². The number of rotatable bonds is 17. The van der Waals surface area contributed by atoms with Crippen LogP contribution in [0, 0.1) is 0 Å². The quantitative estimate of drug-likeness (QED) is 0.226. The molecule has 0 amide bonds. The number of carboxylic acids is 1. The Labute approximate surface area is 146 Å². The first-order chi connectivity index (χ1) is 10.9. The fourth-order valence-corrected chi connectivity index (χ4v) is 4.96. The zero-order valence-electron chi connectivity index (χ0n) is 15.5. The third-order valence-corrected chi connectivity index (χ3v) is 7.26. The van der Waals surface area contributed by atoms with Crippen molar-refractivity contribution in [2.75, 3.05) is 0 Å². The molecule has 4 heteroatoms. The molecule has 3 nitrogen and oxygen atoms in total. The van der Waals surface area contributed by atoms with Crippen LogP contribution in [0.3, 0.4) is 0 Å². The SMILES string of the molecule is C[As](C)(=O)CCCCCCCCCCCCCCCCC(=O)O. The Morgan fingerprint density at radius 2 is 0.957 bits per heavy atom. The van der Waals surface area contributed by atoms with Crippen molar-refractivity contribution < 1.29 is 13.6 Å². The molecule has 0 aromatic carbocycles. The van der Waals surface area contributed by atoms with Gasteiger partial charge in [-0.05, 0) is 6.42 Å². The molecule has 0 saturated carbocycles. The Morgan fingerprint density at radius 3 is 1.26 bits per heavy atom. The second-order valence-corrected chi connectivity index (χ2v) is 14.9. The van der Waals surface area contributed by atoms with E-state index in [1.165, 1.54) is 70.6 Å². The Kier molecular flexibility index (Phi) is 15.2. The van der Waals surface area contributed by atoms with E-state index in [0.717, 1.165) is 24.5 Å². The van der Waals surface area contributed by atoms with Crippen LogP contribution in [0.2, 0.25) is 16.6 Å². The van der Waals surface area contributed by atoms with E-state index in [1.807, 2.05) is 11.4 Å². The molecule has 0 aromatic rings. The normalized spacial score (nSPS) is 11.7. The fraction of sp³-hybridized carbons (Fsp3) is 0.947. The van der Waals surface area contributed by atoms with Crippen LogP contribution in [0.25, 0.3) is 0 Å². The first-order valence-corrected chi connectivity index (χ1v) is 15.5. The predicted molar refractivity (Wildman–Crippen MR) is 99.9 cm³/mol. The van der Waals surface area contributed by atoms with Crippen molar-refractivity contribution in [2.24, 2.45) is 0 Å². The van der Waals surface area contributed by atoms with Gasteiger partial charge in [0.1, 0.15) is 0 Å². The van der Waals surface area contributed by atoms with Crippen LogP contribution in [0.1, 0.15) is 96.3 Å². The predicted octanol–water partition coefficient (Wildman–Crippen LogP) is 6.56. The van der Waals surface area contributed by atoms with Crippen LogP contribution in [-0.2, 0) is 8.53 Å². The molecule has 0 rings (SSSR count). The Balaban J connectivity index is 3.05. The summed E-state index contributed by atoms with van der Waals surface area (Å²) in [4.78, 5) is 10.4. The second-order valence-electron chi connectivity index (χ2n) is 7.39. The van der Waals surface area contributed by atoms with Crippen LogP contribution in [0.5, 0.6) is 0 Å². The van der Waals surface area contributed by atoms with Crippen LogP contribution in [-0.4, -0.2) is 24.6 Å². The molecular weight excluding hydrogens is 351 g/mol. The standard InChI is InChI=1S/C19H39AsO3/c1-20(2,23)18-16-14-12-10-8-6-4-3-5-7-9-11-13-15-17-19(21)22/h3-18H2,1-2H3,(H,21,22). The minimum Gasteiger partial charge on any atom is -0.481 e. The first-order valence-electron chi connectivity index (χ1n) is 9.67. The van der Waals surface area contributed by atoms with Gasteiger partial charge in [-0.2, -0.15) is 0 Å². The second kappa shape index (κ2) is 15.4. The molecule has 0 aliphatic rings. The van der Waals surface area contributed by atoms with Crippen LogP contribution in [0.4, 0.5) is 0 Å². The van der Waals surface area contributed by atoms with Gasteiger partial charge in [0.05, 0.1) is 0 Å². The summed E-state index contributed by atoms with van der Waals surface area (Å²) in [7, 11) is 0. The molecule has 0 bridgehead atoms. The molecule has 0 saturated heterocycles. The molecule has 23 heavy (non-hydrogen) atoms. The summed E-state index contributed by atoms with van der Waals surface area (Å²) in [6.07, 6.45) is 17.8. The van der Waals surface area contributed by atoms with Crippen molar-refractivity contribution in [3.63, 3.8) is 0 Å². The van der Waals surface area contributed by atoms with Gasteiger partial charge in [0, 0.05) is 6.42 Å². The van der Waals surface area contributed by atoms with Gasteiger partial charge in [0.2, 0.25) is 0 Å². The van der Waals surface area contributed by atoms with Crippen LogP contribution < -0.4 is 0 Å². The molecule has 0 heterocycles. The minimum absolute atomic E-state index is 0.330. The van der Waals surface area contributed by atoms with E-state index in [4.69, 9.17) is 5.11 Å². The van der Waals surface area contributed by atoms with Crippen molar-refractivity contribution in [3.05, 3.63) is 0 Å². The fourth-order valence-electron chi connectivity index (χ4n) is 2.89. The van der Waals surface area contributed by atoms with E-state index in [0.29, 0.717) is 6.42 Å². The number of hydrogen-bond acceptors (Lipinski definition) is 2. The van der Waals surface area contributed by atoms with Gasteiger partial charge in [0.15, 0.2) is 0 Å². The molecule has 138 valence electrons. The molecule has 0 aromatic heterocycles. The van der Waals surface area contributed by atoms with E-state index in [-0.39, 0.29) is 0 Å². The third kappa shape index (κ3) is 21.8. The van der Waals surface area contributed by atoms with Crippen molar-refractivity contribution >= 4 is 19.5 Å². The van der Waals surface area contributed by atoms with E-state index in [2.05, 4.69) is 0 Å². The molecule has 0 atom stereocenters. The summed E-state index contributed by atoms with van der Waals surface area (Å²) in [5.41, 5.74) is 3.91. The Hall–Kier alpha value is -0.172. The summed E-state index contributed by atoms with van der Waals surface area (Å²) in [6, 6.07) is 0. The van der Waals surface area contributed by atoms with Crippen molar-refractivity contribution in [3.8, 4) is 0 Å². The molecule has 0 radical (unpaired) electrons. The van der Waals surface area contributed by atoms with Gasteiger partial charge in [-0.3, -0.25) is 4.79 Å². The average Bonchev–Trinajstić information content (AvgIpc) is 2.45. The van der Waals surface area contributed by atoms with E-state index in [1.54, 1.807) is 0 Å². The van der Waals surface area contributed by atoms with Gasteiger partial charge in [-0.1, -0.05) is 12.8 Å². The zero-order valence-corrected chi connectivity index (χ0v) is 17.4. The monoisotopic (exact) mass is 390 g/mol. The van der Waals surface area contributed by atoms with Gasteiger partial charge in [0.25, 0.3) is 0 Å². The number of unbranched alkanes of at least 4 members (excludes halogenated alkanes) is 13. The zero-order chi connectivity index (χ0) is 17.4. The summed E-state index contributed by atoms with van der Waals surface area (Å²) in [5.74, 6) is -0.665. The Morgan fingerprint density at radius 1 is 0.652 bits per heavy atom. The number of hydrogen-bond donors (Lipinski definition) is 1. The summed E-state index contributed by atoms with van der Waals surface area (Å²) in [6.45, 7) is 0. The van der Waals surface area contributed by atoms with Gasteiger partial charge >= 0.3 is 110 Å². The molecule has 0 aliphatic carbocycles. The van der Waals surface area contributed by atoms with Crippen LogP contribution >= 0.6 is 0 Å². The topological polar surface area (TPSA) is 54.4 Å². The molecule has 0 fully saturated rings. The number of carbonyl (C=O) groups is 1. The maximum absolute atomic E-state index is 11.6. The average molecular weight is 390 g/mol. The summed E-state index contributed by atoms with van der Waals surface area (Å²) >= 11 is -2.35. The molecule has 0 unspecified atom stereocenters. The van der Waals surface area contributed by atoms with Gasteiger partial charge < -0.3 is 5.11 Å². The maximum atomic E-state index is 11.6. The molecular formula is C19H39AsO3. The number of carboxylic acid groups (broad SMARTS) is 1. The van der Waals surface area contributed by atoms with E-state index in [9.17, 15) is 8.53 Å². The summed E-state index contributed by atoms with van der Waals surface area (Å²) in [5, 5.41) is 9.52. The number of aliphatic carboxylic acids is 1. The smallest absolute Gasteiger partial charge is 0.481 e. The molecule has 0 spiro atoms. The van der Waals surface area contributed by atoms with E-state index < -0.39 is 19.5 Å². The minimum atomic E-state index is -2.35. The molecule has 0 aliphatic heterocycles. The third-order valence-electron chi connectivity index (χ3n) is 4.34. The van der Waals surface area contributed by atoms with Crippen molar-refractivity contribution in [1.29, 1.82) is 0 Å².